The van der Waals surface area contributed by atoms with Crippen LogP contribution in [0.4, 0.5) is 5.69 Å². The number of anilines is 1. The maximum atomic E-state index is 6.40. The van der Waals surface area contributed by atoms with E-state index in [9.17, 15) is 0 Å². The Labute approximate surface area is 127 Å². The summed E-state index contributed by atoms with van der Waals surface area (Å²) in [4.78, 5) is 2.48. The molecule has 1 unspecified atom stereocenters. The molecule has 3 heteroatoms. The van der Waals surface area contributed by atoms with Gasteiger partial charge in [-0.3, -0.25) is 0 Å². The van der Waals surface area contributed by atoms with E-state index < -0.39 is 0 Å². The van der Waals surface area contributed by atoms with Gasteiger partial charge in [-0.05, 0) is 43.4 Å². The highest BCUT2D eigenvalue weighted by Crippen LogP contribution is 2.31. The molecule has 0 radical (unpaired) electrons. The lowest BCUT2D eigenvalue weighted by atomic mass is 9.83. The van der Waals surface area contributed by atoms with Crippen LogP contribution < -0.4 is 10.2 Å². The molecule has 0 bridgehead atoms. The van der Waals surface area contributed by atoms with Gasteiger partial charge in [0.25, 0.3) is 0 Å². The van der Waals surface area contributed by atoms with Crippen LogP contribution in [0.2, 0.25) is 5.02 Å². The number of hydrogen-bond acceptors (Lipinski definition) is 2. The van der Waals surface area contributed by atoms with E-state index in [-0.39, 0.29) is 0 Å². The van der Waals surface area contributed by atoms with Gasteiger partial charge in [0.2, 0.25) is 0 Å². The van der Waals surface area contributed by atoms with Crippen molar-refractivity contribution in [1.82, 2.24) is 5.32 Å². The average Bonchev–Trinajstić information content (AvgIpc) is 2.51. The van der Waals surface area contributed by atoms with Crippen LogP contribution in [-0.2, 0) is 0 Å². The zero-order valence-corrected chi connectivity index (χ0v) is 13.1. The third kappa shape index (κ3) is 3.12. The van der Waals surface area contributed by atoms with Gasteiger partial charge >= 0.3 is 0 Å². The maximum absolute atomic E-state index is 6.40. The number of hydrogen-bond donors (Lipinski definition) is 1. The van der Waals surface area contributed by atoms with Crippen molar-refractivity contribution in [2.75, 3.05) is 24.5 Å². The molecule has 1 aliphatic carbocycles. The summed E-state index contributed by atoms with van der Waals surface area (Å²) in [6, 6.07) is 6.99. The van der Waals surface area contributed by atoms with Crippen molar-refractivity contribution in [3.63, 3.8) is 0 Å². The summed E-state index contributed by atoms with van der Waals surface area (Å²) in [5.74, 6) is 0.857. The molecule has 1 heterocycles. The van der Waals surface area contributed by atoms with E-state index in [4.69, 9.17) is 11.6 Å². The normalized spacial score (nSPS) is 24.9. The predicted octanol–water partition coefficient (Wildman–Crippen LogP) is 4.01. The van der Waals surface area contributed by atoms with Crippen molar-refractivity contribution in [1.29, 1.82) is 0 Å². The van der Waals surface area contributed by atoms with Crippen molar-refractivity contribution >= 4 is 17.3 Å². The van der Waals surface area contributed by atoms with E-state index in [0.717, 1.165) is 30.6 Å². The summed E-state index contributed by atoms with van der Waals surface area (Å²) < 4.78 is 0. The average molecular weight is 293 g/mol. The van der Waals surface area contributed by atoms with Gasteiger partial charge in [0.1, 0.15) is 0 Å². The molecule has 1 aliphatic heterocycles. The third-order valence-corrected chi connectivity index (χ3v) is 5.19. The Bertz CT molecular complexity index is 454. The molecule has 1 aromatic rings. The zero-order valence-electron chi connectivity index (χ0n) is 12.4. The fraction of sp³-hybridized carbons (Fsp3) is 0.647. The van der Waals surface area contributed by atoms with Crippen LogP contribution in [0.3, 0.4) is 0 Å². The summed E-state index contributed by atoms with van der Waals surface area (Å²) in [5, 5.41) is 4.63. The standard InChI is InChI=1S/C17H25ClN2/c1-13-7-8-15(18)17(11-13)20-10-9-19-16(12-20)14-5-3-2-4-6-14/h7-8,11,14,16,19H,2-6,9-10,12H2,1H3. The van der Waals surface area contributed by atoms with E-state index in [0.29, 0.717) is 6.04 Å². The van der Waals surface area contributed by atoms with Crippen LogP contribution in [0.25, 0.3) is 0 Å². The number of halogens is 1. The minimum Gasteiger partial charge on any atom is -0.367 e. The van der Waals surface area contributed by atoms with Gasteiger partial charge in [-0.2, -0.15) is 0 Å². The predicted molar refractivity (Wildman–Crippen MR) is 86.8 cm³/mol. The summed E-state index contributed by atoms with van der Waals surface area (Å²) in [6.45, 7) is 5.38. The first-order valence-corrected chi connectivity index (χ1v) is 8.36. The van der Waals surface area contributed by atoms with Crippen LogP contribution in [0.15, 0.2) is 18.2 Å². The van der Waals surface area contributed by atoms with Crippen LogP contribution in [0.5, 0.6) is 0 Å². The topological polar surface area (TPSA) is 15.3 Å². The molecule has 0 amide bonds. The lowest BCUT2D eigenvalue weighted by Crippen LogP contribution is -2.54. The van der Waals surface area contributed by atoms with Gasteiger partial charge in [0.15, 0.2) is 0 Å². The first-order valence-electron chi connectivity index (χ1n) is 7.98. The van der Waals surface area contributed by atoms with E-state index in [1.54, 1.807) is 0 Å². The lowest BCUT2D eigenvalue weighted by molar-refractivity contribution is 0.257. The molecule has 2 fully saturated rings. The second kappa shape index (κ2) is 6.36. The van der Waals surface area contributed by atoms with Crippen molar-refractivity contribution in [3.8, 4) is 0 Å². The number of nitrogens with zero attached hydrogens (tertiary/aromatic N) is 1. The Morgan fingerprint density at radius 1 is 1.20 bits per heavy atom. The molecule has 1 saturated carbocycles. The molecule has 110 valence electrons. The fourth-order valence-corrected chi connectivity index (χ4v) is 3.95. The summed E-state index contributed by atoms with van der Waals surface area (Å²) >= 11 is 6.40. The minimum atomic E-state index is 0.639. The molecular weight excluding hydrogens is 268 g/mol. The Hall–Kier alpha value is -0.730. The highest BCUT2D eigenvalue weighted by molar-refractivity contribution is 6.33. The summed E-state index contributed by atoms with van der Waals surface area (Å²) in [5.41, 5.74) is 2.51. The van der Waals surface area contributed by atoms with Gasteiger partial charge in [-0.25, -0.2) is 0 Å². The Balaban J connectivity index is 1.72. The molecule has 2 nitrogen and oxygen atoms in total. The maximum Gasteiger partial charge on any atom is 0.0639 e. The molecule has 1 atom stereocenters. The third-order valence-electron chi connectivity index (χ3n) is 4.87. The highest BCUT2D eigenvalue weighted by Gasteiger charge is 2.28. The van der Waals surface area contributed by atoms with Gasteiger partial charge < -0.3 is 10.2 Å². The summed E-state index contributed by atoms with van der Waals surface area (Å²) in [7, 11) is 0. The Kier molecular flexibility index (Phi) is 4.52. The molecule has 3 rings (SSSR count). The second-order valence-electron chi connectivity index (χ2n) is 6.36. The first-order chi connectivity index (χ1) is 9.74. The lowest BCUT2D eigenvalue weighted by Gasteiger charge is -2.40. The minimum absolute atomic E-state index is 0.639. The zero-order chi connectivity index (χ0) is 13.9. The molecule has 1 aromatic carbocycles. The molecule has 1 N–H and O–H groups in total. The molecule has 0 spiro atoms. The number of nitrogens with one attached hydrogen (secondary N) is 1. The summed E-state index contributed by atoms with van der Waals surface area (Å²) in [6.07, 6.45) is 7.04. The van der Waals surface area contributed by atoms with Gasteiger partial charge in [0.05, 0.1) is 10.7 Å². The number of benzene rings is 1. The van der Waals surface area contributed by atoms with E-state index >= 15 is 0 Å². The molecular formula is C17H25ClN2. The smallest absolute Gasteiger partial charge is 0.0639 e. The fourth-order valence-electron chi connectivity index (χ4n) is 3.71. The second-order valence-corrected chi connectivity index (χ2v) is 6.77. The van der Waals surface area contributed by atoms with Gasteiger partial charge in [-0.15, -0.1) is 0 Å². The van der Waals surface area contributed by atoms with Crippen LogP contribution in [0.1, 0.15) is 37.7 Å². The highest BCUT2D eigenvalue weighted by atomic mass is 35.5. The SMILES string of the molecule is Cc1ccc(Cl)c(N2CCNC(C3CCCCC3)C2)c1. The van der Waals surface area contributed by atoms with Gasteiger partial charge in [0, 0.05) is 25.7 Å². The Morgan fingerprint density at radius 3 is 2.80 bits per heavy atom. The largest absolute Gasteiger partial charge is 0.367 e. The van der Waals surface area contributed by atoms with Crippen molar-refractivity contribution in [2.45, 2.75) is 45.1 Å². The van der Waals surface area contributed by atoms with Gasteiger partial charge in [-0.1, -0.05) is 36.9 Å². The quantitative estimate of drug-likeness (QED) is 0.886. The van der Waals surface area contributed by atoms with Crippen molar-refractivity contribution in [3.05, 3.63) is 28.8 Å². The molecule has 20 heavy (non-hydrogen) atoms. The van der Waals surface area contributed by atoms with E-state index in [1.165, 1.54) is 43.4 Å². The van der Waals surface area contributed by atoms with E-state index in [2.05, 4.69) is 29.3 Å². The number of aryl methyl sites for hydroxylation is 1. The number of rotatable bonds is 2. The Morgan fingerprint density at radius 2 is 2.00 bits per heavy atom. The monoisotopic (exact) mass is 292 g/mol. The van der Waals surface area contributed by atoms with Crippen molar-refractivity contribution in [2.24, 2.45) is 5.92 Å². The number of piperazine rings is 1. The van der Waals surface area contributed by atoms with Crippen LogP contribution in [-0.4, -0.2) is 25.7 Å². The van der Waals surface area contributed by atoms with E-state index in [1.807, 2.05) is 6.07 Å². The van der Waals surface area contributed by atoms with Crippen LogP contribution >= 0.6 is 11.6 Å². The van der Waals surface area contributed by atoms with Crippen LogP contribution in [0, 0.1) is 12.8 Å². The van der Waals surface area contributed by atoms with Crippen molar-refractivity contribution < 1.29 is 0 Å². The first kappa shape index (κ1) is 14.2. The molecule has 1 saturated heterocycles. The molecule has 0 aromatic heterocycles. The molecule has 2 aliphatic rings.